The Bertz CT molecular complexity index is 1090. The molecule has 9 heteroatoms. The molecule has 0 spiro atoms. The lowest BCUT2D eigenvalue weighted by molar-refractivity contribution is -0.132. The number of benzene rings is 1. The standard InChI is InChI=1S/C22H24N4O5/c1-12(2)15-7-6-8-16(11-15)22-26-25-21(31-22)13(3)24-20(28)18-19(30-14(4)27)17(29-5)9-10-23-18/h6-13H,1-5H3,(H,24,28)/t13-/m0/s1. The van der Waals surface area contributed by atoms with Gasteiger partial charge in [0.05, 0.1) is 7.11 Å². The van der Waals surface area contributed by atoms with E-state index in [1.165, 1.54) is 26.3 Å². The van der Waals surface area contributed by atoms with Crippen LogP contribution >= 0.6 is 0 Å². The SMILES string of the molecule is COc1ccnc(C(=O)N[C@@H](C)c2nnc(-c3cccc(C(C)C)c3)o2)c1OC(C)=O. The van der Waals surface area contributed by atoms with Crippen LogP contribution in [0.3, 0.4) is 0 Å². The number of methoxy groups -OCH3 is 1. The van der Waals surface area contributed by atoms with E-state index in [1.54, 1.807) is 6.92 Å². The van der Waals surface area contributed by atoms with E-state index in [-0.39, 0.29) is 23.1 Å². The normalized spacial score (nSPS) is 11.8. The molecule has 162 valence electrons. The summed E-state index contributed by atoms with van der Waals surface area (Å²) in [6.07, 6.45) is 1.39. The Labute approximate surface area is 179 Å². The molecule has 31 heavy (non-hydrogen) atoms. The van der Waals surface area contributed by atoms with Gasteiger partial charge in [0.15, 0.2) is 11.4 Å². The van der Waals surface area contributed by atoms with Gasteiger partial charge in [0.1, 0.15) is 6.04 Å². The van der Waals surface area contributed by atoms with E-state index >= 15 is 0 Å². The quantitative estimate of drug-likeness (QED) is 0.571. The van der Waals surface area contributed by atoms with Crippen LogP contribution in [0, 0.1) is 0 Å². The number of amides is 1. The zero-order valence-corrected chi connectivity index (χ0v) is 18.0. The second-order valence-electron chi connectivity index (χ2n) is 7.21. The summed E-state index contributed by atoms with van der Waals surface area (Å²) in [4.78, 5) is 28.2. The molecule has 2 heterocycles. The molecule has 0 radical (unpaired) electrons. The van der Waals surface area contributed by atoms with E-state index in [0.29, 0.717) is 11.8 Å². The Morgan fingerprint density at radius 1 is 1.13 bits per heavy atom. The van der Waals surface area contributed by atoms with E-state index in [9.17, 15) is 9.59 Å². The van der Waals surface area contributed by atoms with Crippen molar-refractivity contribution >= 4 is 11.9 Å². The van der Waals surface area contributed by atoms with E-state index in [0.717, 1.165) is 11.1 Å². The highest BCUT2D eigenvalue weighted by molar-refractivity contribution is 5.96. The van der Waals surface area contributed by atoms with Crippen molar-refractivity contribution in [3.63, 3.8) is 0 Å². The smallest absolute Gasteiger partial charge is 0.308 e. The molecule has 0 aliphatic rings. The second kappa shape index (κ2) is 9.38. The van der Waals surface area contributed by atoms with Crippen LogP contribution in [-0.4, -0.2) is 34.2 Å². The first-order valence-corrected chi connectivity index (χ1v) is 9.76. The molecular formula is C22H24N4O5. The number of pyridine rings is 1. The summed E-state index contributed by atoms with van der Waals surface area (Å²) in [5.74, 6) is -0.0638. The molecule has 1 N–H and O–H groups in total. The Morgan fingerprint density at radius 2 is 1.90 bits per heavy atom. The van der Waals surface area contributed by atoms with Crippen molar-refractivity contribution in [2.24, 2.45) is 0 Å². The molecule has 0 saturated heterocycles. The van der Waals surface area contributed by atoms with Crippen molar-refractivity contribution in [2.45, 2.75) is 39.7 Å². The van der Waals surface area contributed by atoms with Gasteiger partial charge in [-0.05, 0) is 30.5 Å². The predicted octanol–water partition coefficient (Wildman–Crippen LogP) is 3.68. The highest BCUT2D eigenvalue weighted by atomic mass is 16.6. The van der Waals surface area contributed by atoms with E-state index in [4.69, 9.17) is 13.9 Å². The highest BCUT2D eigenvalue weighted by Gasteiger charge is 2.24. The van der Waals surface area contributed by atoms with Crippen molar-refractivity contribution in [1.29, 1.82) is 0 Å². The van der Waals surface area contributed by atoms with Crippen molar-refractivity contribution < 1.29 is 23.5 Å². The number of aromatic nitrogens is 3. The Kier molecular flexibility index (Phi) is 6.64. The Hall–Kier alpha value is -3.75. The third kappa shape index (κ3) is 5.06. The first-order chi connectivity index (χ1) is 14.8. The molecule has 9 nitrogen and oxygen atoms in total. The predicted molar refractivity (Wildman–Crippen MR) is 112 cm³/mol. The van der Waals surface area contributed by atoms with Crippen LogP contribution in [-0.2, 0) is 4.79 Å². The van der Waals surface area contributed by atoms with Gasteiger partial charge in [0, 0.05) is 24.8 Å². The third-order valence-electron chi connectivity index (χ3n) is 4.51. The van der Waals surface area contributed by atoms with Crippen LogP contribution in [0.15, 0.2) is 40.9 Å². The van der Waals surface area contributed by atoms with Gasteiger partial charge in [0.2, 0.25) is 17.5 Å². The number of carbonyl (C=O) groups is 2. The van der Waals surface area contributed by atoms with Crippen molar-refractivity contribution in [3.05, 3.63) is 53.7 Å². The number of rotatable bonds is 7. The van der Waals surface area contributed by atoms with Crippen LogP contribution in [0.2, 0.25) is 0 Å². The molecule has 0 aliphatic heterocycles. The average Bonchev–Trinajstić information content (AvgIpc) is 3.24. The van der Waals surface area contributed by atoms with Gasteiger partial charge in [0.25, 0.3) is 5.91 Å². The minimum Gasteiger partial charge on any atom is -0.493 e. The van der Waals surface area contributed by atoms with Gasteiger partial charge in [-0.3, -0.25) is 9.59 Å². The molecule has 0 fully saturated rings. The average molecular weight is 424 g/mol. The number of hydrogen-bond donors (Lipinski definition) is 1. The van der Waals surface area contributed by atoms with Gasteiger partial charge in [-0.1, -0.05) is 26.0 Å². The van der Waals surface area contributed by atoms with Crippen LogP contribution in [0.5, 0.6) is 11.5 Å². The van der Waals surface area contributed by atoms with E-state index in [2.05, 4.69) is 34.3 Å². The number of nitrogens with zero attached hydrogens (tertiary/aromatic N) is 3. The molecular weight excluding hydrogens is 400 g/mol. The first-order valence-electron chi connectivity index (χ1n) is 9.76. The molecule has 0 aliphatic carbocycles. The van der Waals surface area contributed by atoms with Crippen LogP contribution in [0.1, 0.15) is 61.6 Å². The lowest BCUT2D eigenvalue weighted by Crippen LogP contribution is -2.28. The second-order valence-corrected chi connectivity index (χ2v) is 7.21. The van der Waals surface area contributed by atoms with Crippen molar-refractivity contribution in [3.8, 4) is 23.0 Å². The summed E-state index contributed by atoms with van der Waals surface area (Å²) in [7, 11) is 1.40. The maximum absolute atomic E-state index is 12.8. The summed E-state index contributed by atoms with van der Waals surface area (Å²) >= 11 is 0. The van der Waals surface area contributed by atoms with E-state index < -0.39 is 17.9 Å². The monoisotopic (exact) mass is 424 g/mol. The van der Waals surface area contributed by atoms with Crippen molar-refractivity contribution in [2.75, 3.05) is 7.11 Å². The molecule has 3 rings (SSSR count). The topological polar surface area (TPSA) is 116 Å². The molecule has 1 amide bonds. The number of nitrogens with one attached hydrogen (secondary N) is 1. The fourth-order valence-electron chi connectivity index (χ4n) is 2.88. The van der Waals surface area contributed by atoms with Gasteiger partial charge in [-0.2, -0.15) is 0 Å². The van der Waals surface area contributed by atoms with E-state index in [1.807, 2.05) is 24.3 Å². The van der Waals surface area contributed by atoms with Crippen LogP contribution in [0.4, 0.5) is 0 Å². The molecule has 0 saturated carbocycles. The largest absolute Gasteiger partial charge is 0.493 e. The summed E-state index contributed by atoms with van der Waals surface area (Å²) in [6, 6.07) is 8.74. The summed E-state index contributed by atoms with van der Waals surface area (Å²) in [6.45, 7) is 7.13. The van der Waals surface area contributed by atoms with Crippen molar-refractivity contribution in [1.82, 2.24) is 20.5 Å². The Balaban J connectivity index is 1.80. The zero-order chi connectivity index (χ0) is 22.5. The maximum Gasteiger partial charge on any atom is 0.308 e. The fraction of sp³-hybridized carbons (Fsp3) is 0.318. The molecule has 0 unspecified atom stereocenters. The maximum atomic E-state index is 12.8. The van der Waals surface area contributed by atoms with Gasteiger partial charge < -0.3 is 19.2 Å². The Morgan fingerprint density at radius 3 is 2.58 bits per heavy atom. The van der Waals surface area contributed by atoms with Gasteiger partial charge in [-0.25, -0.2) is 4.98 Å². The highest BCUT2D eigenvalue weighted by Crippen LogP contribution is 2.30. The van der Waals surface area contributed by atoms with Gasteiger partial charge in [-0.15, -0.1) is 10.2 Å². The summed E-state index contributed by atoms with van der Waals surface area (Å²) in [5, 5.41) is 10.9. The summed E-state index contributed by atoms with van der Waals surface area (Å²) < 4.78 is 16.1. The van der Waals surface area contributed by atoms with Crippen LogP contribution < -0.4 is 14.8 Å². The van der Waals surface area contributed by atoms with Crippen LogP contribution in [0.25, 0.3) is 11.5 Å². The zero-order valence-electron chi connectivity index (χ0n) is 18.0. The molecule has 1 aromatic carbocycles. The molecule has 3 aromatic rings. The molecule has 1 atom stereocenters. The number of esters is 1. The minimum atomic E-state index is -0.611. The van der Waals surface area contributed by atoms with Gasteiger partial charge >= 0.3 is 5.97 Å². The fourth-order valence-corrected chi connectivity index (χ4v) is 2.88. The summed E-state index contributed by atoms with van der Waals surface area (Å²) in [5.41, 5.74) is 1.86. The lowest BCUT2D eigenvalue weighted by atomic mass is 10.0. The number of hydrogen-bond acceptors (Lipinski definition) is 8. The number of carbonyl (C=O) groups excluding carboxylic acids is 2. The molecule has 2 aromatic heterocycles. The number of ether oxygens (including phenoxy) is 2. The lowest BCUT2D eigenvalue weighted by Gasteiger charge is -2.14. The molecule has 0 bridgehead atoms. The minimum absolute atomic E-state index is 0.0566. The first kappa shape index (κ1) is 21.9. The third-order valence-corrected chi connectivity index (χ3v) is 4.51.